The molecule has 2 atom stereocenters. The Balaban J connectivity index is 1.54. The van der Waals surface area contributed by atoms with E-state index in [0.717, 1.165) is 18.7 Å². The Bertz CT molecular complexity index is 1450. The number of benzene rings is 1. The number of pyridine rings is 1. The number of sulfone groups is 1. The topological polar surface area (TPSA) is 97.3 Å². The Morgan fingerprint density at radius 3 is 2.45 bits per heavy atom. The average molecular weight is 546 g/mol. The molecule has 1 N–H and O–H groups in total. The number of nitrogens with zero attached hydrogens (tertiary/aromatic N) is 4. The molecule has 1 aromatic carbocycles. The van der Waals surface area contributed by atoms with Crippen LogP contribution in [0.3, 0.4) is 0 Å². The van der Waals surface area contributed by atoms with Crippen molar-refractivity contribution in [2.45, 2.75) is 57.8 Å². The van der Waals surface area contributed by atoms with Crippen LogP contribution in [0.4, 0.5) is 14.6 Å². The van der Waals surface area contributed by atoms with E-state index in [2.05, 4.69) is 20.2 Å². The van der Waals surface area contributed by atoms with Gasteiger partial charge in [-0.1, -0.05) is 18.2 Å². The maximum atomic E-state index is 15.1. The second-order valence-electron chi connectivity index (χ2n) is 10.5. The normalized spacial score (nSPS) is 20.2. The molecule has 4 heterocycles. The lowest BCUT2D eigenvalue weighted by Crippen LogP contribution is -2.51. The van der Waals surface area contributed by atoms with Gasteiger partial charge in [-0.25, -0.2) is 27.2 Å². The first-order valence-corrected chi connectivity index (χ1v) is 14.8. The Morgan fingerprint density at radius 2 is 1.79 bits per heavy atom. The number of ether oxygens (including phenoxy) is 1. The maximum absolute atomic E-state index is 15.1. The molecule has 0 spiro atoms. The molecule has 0 bridgehead atoms. The molecular formula is C27H33F2N5O3S. The summed E-state index contributed by atoms with van der Waals surface area (Å²) in [4.78, 5) is 16.1. The number of aryl methyl sites for hydroxylation is 1. The predicted molar refractivity (Wildman–Crippen MR) is 143 cm³/mol. The van der Waals surface area contributed by atoms with Gasteiger partial charge in [0.1, 0.15) is 39.6 Å². The van der Waals surface area contributed by atoms with Gasteiger partial charge in [-0.2, -0.15) is 4.98 Å². The zero-order chi connectivity index (χ0) is 27.2. The summed E-state index contributed by atoms with van der Waals surface area (Å²) < 4.78 is 59.5. The van der Waals surface area contributed by atoms with E-state index < -0.39 is 27.9 Å². The summed E-state index contributed by atoms with van der Waals surface area (Å²) in [5.41, 5.74) is 1.62. The molecule has 3 aromatic rings. The predicted octanol–water partition coefficient (Wildman–Crippen LogP) is 4.66. The third kappa shape index (κ3) is 5.44. The van der Waals surface area contributed by atoms with Gasteiger partial charge in [0.2, 0.25) is 5.88 Å². The zero-order valence-corrected chi connectivity index (χ0v) is 22.9. The number of rotatable bonds is 7. The van der Waals surface area contributed by atoms with Crippen molar-refractivity contribution in [3.05, 3.63) is 52.6 Å². The highest BCUT2D eigenvalue weighted by atomic mass is 32.2. The summed E-state index contributed by atoms with van der Waals surface area (Å²) in [6.45, 7) is 6.43. The molecule has 0 aliphatic carbocycles. The molecule has 0 radical (unpaired) electrons. The van der Waals surface area contributed by atoms with Crippen LogP contribution in [0.1, 0.15) is 67.3 Å². The average Bonchev–Trinajstić information content (AvgIpc) is 2.82. The van der Waals surface area contributed by atoms with Gasteiger partial charge in [-0.15, -0.1) is 0 Å². The van der Waals surface area contributed by atoms with Crippen LogP contribution in [0.25, 0.3) is 11.0 Å². The van der Waals surface area contributed by atoms with E-state index in [4.69, 9.17) is 9.72 Å². The van der Waals surface area contributed by atoms with E-state index in [1.54, 1.807) is 26.0 Å². The Kier molecular flexibility index (Phi) is 7.25. The number of nitrogens with one attached hydrogen (secondary N) is 1. The molecular weight excluding hydrogens is 512 g/mol. The van der Waals surface area contributed by atoms with Gasteiger partial charge in [0, 0.05) is 29.8 Å². The van der Waals surface area contributed by atoms with Gasteiger partial charge in [0.25, 0.3) is 0 Å². The summed E-state index contributed by atoms with van der Waals surface area (Å²) in [6, 6.07) is 6.14. The minimum atomic E-state index is -3.04. The van der Waals surface area contributed by atoms with Crippen molar-refractivity contribution in [1.82, 2.24) is 19.9 Å². The molecule has 1 unspecified atom stereocenters. The summed E-state index contributed by atoms with van der Waals surface area (Å²) in [7, 11) is -1.03. The lowest BCUT2D eigenvalue weighted by atomic mass is 9.93. The number of alkyl halides is 1. The van der Waals surface area contributed by atoms with Crippen LogP contribution in [0.5, 0.6) is 5.88 Å². The van der Waals surface area contributed by atoms with Gasteiger partial charge in [-0.3, -0.25) is 4.90 Å². The number of hydrogen-bond donors (Lipinski definition) is 1. The number of halogens is 2. The third-order valence-corrected chi connectivity index (χ3v) is 9.12. The summed E-state index contributed by atoms with van der Waals surface area (Å²) >= 11 is 0. The molecule has 2 fully saturated rings. The first-order valence-electron chi connectivity index (χ1n) is 12.9. The molecule has 2 aliphatic rings. The van der Waals surface area contributed by atoms with Crippen molar-refractivity contribution in [2.24, 2.45) is 0 Å². The van der Waals surface area contributed by atoms with Crippen LogP contribution >= 0.6 is 0 Å². The van der Waals surface area contributed by atoms with E-state index in [1.807, 2.05) is 13.1 Å². The van der Waals surface area contributed by atoms with Crippen LogP contribution in [-0.2, 0) is 9.84 Å². The highest BCUT2D eigenvalue weighted by molar-refractivity contribution is 7.91. The highest BCUT2D eigenvalue weighted by Crippen LogP contribution is 2.38. The van der Waals surface area contributed by atoms with Crippen LogP contribution in [0.2, 0.25) is 0 Å². The van der Waals surface area contributed by atoms with Crippen LogP contribution < -0.4 is 10.1 Å². The van der Waals surface area contributed by atoms with E-state index in [9.17, 15) is 12.8 Å². The largest absolute Gasteiger partial charge is 0.471 e. The molecule has 11 heteroatoms. The van der Waals surface area contributed by atoms with Crippen molar-refractivity contribution in [3.8, 4) is 5.88 Å². The summed E-state index contributed by atoms with van der Waals surface area (Å²) in [6.07, 6.45) is -0.447. The third-order valence-electron chi connectivity index (χ3n) is 7.40. The molecule has 38 heavy (non-hydrogen) atoms. The van der Waals surface area contributed by atoms with Gasteiger partial charge in [0.15, 0.2) is 5.65 Å². The van der Waals surface area contributed by atoms with E-state index in [1.165, 1.54) is 13.0 Å². The fourth-order valence-corrected chi connectivity index (χ4v) is 6.72. The maximum Gasteiger partial charge on any atom is 0.219 e. The van der Waals surface area contributed by atoms with Gasteiger partial charge < -0.3 is 10.1 Å². The molecule has 8 nitrogen and oxygen atoms in total. The van der Waals surface area contributed by atoms with Gasteiger partial charge in [-0.05, 0) is 52.6 Å². The number of fused-ring (bicyclic) bond motifs is 1. The van der Waals surface area contributed by atoms with Crippen molar-refractivity contribution in [1.29, 1.82) is 0 Å². The summed E-state index contributed by atoms with van der Waals surface area (Å²) in [5.74, 6) is 1.07. The van der Waals surface area contributed by atoms with Crippen molar-refractivity contribution < 1.29 is 21.9 Å². The minimum Gasteiger partial charge on any atom is -0.471 e. The quantitative estimate of drug-likeness (QED) is 0.458. The molecule has 0 saturated carbocycles. The Hall–Kier alpha value is -2.92. The first-order chi connectivity index (χ1) is 18.0. The molecule has 204 valence electrons. The smallest absolute Gasteiger partial charge is 0.219 e. The van der Waals surface area contributed by atoms with Crippen LogP contribution in [0.15, 0.2) is 24.3 Å². The van der Waals surface area contributed by atoms with Gasteiger partial charge in [0.05, 0.1) is 22.9 Å². The fraction of sp³-hybridized carbons (Fsp3) is 0.519. The molecule has 2 aliphatic heterocycles. The second kappa shape index (κ2) is 10.3. The van der Waals surface area contributed by atoms with Crippen molar-refractivity contribution in [3.63, 3.8) is 0 Å². The second-order valence-corrected chi connectivity index (χ2v) is 12.8. The van der Waals surface area contributed by atoms with Crippen molar-refractivity contribution >= 4 is 26.7 Å². The fourth-order valence-electron chi connectivity index (χ4n) is 5.23. The zero-order valence-electron chi connectivity index (χ0n) is 22.0. The van der Waals surface area contributed by atoms with Crippen LogP contribution in [0, 0.1) is 12.7 Å². The Labute approximate surface area is 221 Å². The van der Waals surface area contributed by atoms with E-state index >= 15 is 4.39 Å². The van der Waals surface area contributed by atoms with E-state index in [-0.39, 0.29) is 29.1 Å². The molecule has 2 aromatic heterocycles. The number of anilines is 1. The standard InChI is InChI=1S/C27H33F2N5O3S/c1-15(28)20-6-5-7-21(24(20)29)16(2)30-25-23-12-22(18-8-10-38(35,36)11-9-18)27(37-19-13-34(4)14-19)33-26(23)32-17(3)31-25/h5-7,12,15-16,18-19H,8-11,13-14H2,1-4H3,(H,30,31,32,33)/t15?,16-/m1/s1. The number of hydrogen-bond acceptors (Lipinski definition) is 8. The van der Waals surface area contributed by atoms with E-state index in [0.29, 0.717) is 47.0 Å². The highest BCUT2D eigenvalue weighted by Gasteiger charge is 2.31. The van der Waals surface area contributed by atoms with Crippen molar-refractivity contribution in [2.75, 3.05) is 37.0 Å². The number of likely N-dealkylation sites (tertiary alicyclic amines) is 1. The first kappa shape index (κ1) is 26.7. The minimum absolute atomic E-state index is 0.00437. The number of aromatic nitrogens is 3. The van der Waals surface area contributed by atoms with Gasteiger partial charge >= 0.3 is 0 Å². The molecule has 0 amide bonds. The lowest BCUT2D eigenvalue weighted by molar-refractivity contribution is 0.0347. The molecule has 5 rings (SSSR count). The molecule has 2 saturated heterocycles. The summed E-state index contributed by atoms with van der Waals surface area (Å²) in [5, 5.41) is 3.92. The number of likely N-dealkylation sites (N-methyl/N-ethyl adjacent to an activating group) is 1. The monoisotopic (exact) mass is 545 g/mol. The van der Waals surface area contributed by atoms with Crippen LogP contribution in [-0.4, -0.2) is 66.0 Å². The lowest BCUT2D eigenvalue weighted by Gasteiger charge is -2.36. The SMILES string of the molecule is Cc1nc(N[C@H](C)c2cccc(C(C)F)c2F)c2cc(C3CCS(=O)(=O)CC3)c(OC3CN(C)C3)nc2n1. The Morgan fingerprint density at radius 1 is 1.11 bits per heavy atom.